The third-order valence-corrected chi connectivity index (χ3v) is 4.12. The molecule has 0 N–H and O–H groups in total. The van der Waals surface area contributed by atoms with Gasteiger partial charge in [-0.3, -0.25) is 0 Å². The predicted octanol–water partition coefficient (Wildman–Crippen LogP) is 2.86. The second-order valence-electron chi connectivity index (χ2n) is 5.82. The van der Waals surface area contributed by atoms with Gasteiger partial charge >= 0.3 is 0 Å². The van der Waals surface area contributed by atoms with Crippen LogP contribution in [0.5, 0.6) is 0 Å². The standard InChI is InChI=1S/C16H34N2O/c1-4-8-17-9-11-18(12-10-17)15-16(6-3)7-14-19-13-5-2/h16H,4-15H2,1-3H3. The topological polar surface area (TPSA) is 15.7 Å². The van der Waals surface area contributed by atoms with Gasteiger partial charge in [0.05, 0.1) is 0 Å². The zero-order chi connectivity index (χ0) is 13.9. The maximum Gasteiger partial charge on any atom is 0.0469 e. The van der Waals surface area contributed by atoms with Gasteiger partial charge in [0, 0.05) is 45.9 Å². The molecule has 0 aromatic rings. The Bertz CT molecular complexity index is 200. The Morgan fingerprint density at radius 2 is 1.58 bits per heavy atom. The molecule has 19 heavy (non-hydrogen) atoms. The van der Waals surface area contributed by atoms with E-state index in [0.717, 1.165) is 25.6 Å². The van der Waals surface area contributed by atoms with Crippen molar-refractivity contribution < 1.29 is 4.74 Å². The van der Waals surface area contributed by atoms with Crippen molar-refractivity contribution in [3.63, 3.8) is 0 Å². The van der Waals surface area contributed by atoms with Crippen LogP contribution in [0, 0.1) is 5.92 Å². The Balaban J connectivity index is 2.14. The Morgan fingerprint density at radius 1 is 0.895 bits per heavy atom. The van der Waals surface area contributed by atoms with E-state index in [2.05, 4.69) is 30.6 Å². The van der Waals surface area contributed by atoms with Gasteiger partial charge in [0.15, 0.2) is 0 Å². The second-order valence-corrected chi connectivity index (χ2v) is 5.82. The van der Waals surface area contributed by atoms with Crippen molar-refractivity contribution in [1.29, 1.82) is 0 Å². The highest BCUT2D eigenvalue weighted by molar-refractivity contribution is 4.74. The van der Waals surface area contributed by atoms with Gasteiger partial charge in [-0.05, 0) is 31.7 Å². The van der Waals surface area contributed by atoms with Crippen molar-refractivity contribution in [2.75, 3.05) is 52.5 Å². The Hall–Kier alpha value is -0.120. The van der Waals surface area contributed by atoms with Crippen molar-refractivity contribution in [2.45, 2.75) is 46.5 Å². The lowest BCUT2D eigenvalue weighted by Gasteiger charge is -2.36. The Morgan fingerprint density at radius 3 is 2.16 bits per heavy atom. The molecule has 0 aromatic carbocycles. The average molecular weight is 270 g/mol. The normalized spacial score (nSPS) is 19.7. The van der Waals surface area contributed by atoms with Crippen LogP contribution in [0.15, 0.2) is 0 Å². The van der Waals surface area contributed by atoms with Crippen molar-refractivity contribution in [1.82, 2.24) is 9.80 Å². The molecule has 1 saturated heterocycles. The monoisotopic (exact) mass is 270 g/mol. The summed E-state index contributed by atoms with van der Waals surface area (Å²) in [5, 5.41) is 0. The molecule has 1 unspecified atom stereocenters. The molecule has 1 fully saturated rings. The molecule has 1 heterocycles. The van der Waals surface area contributed by atoms with Gasteiger partial charge in [-0.25, -0.2) is 0 Å². The van der Waals surface area contributed by atoms with Gasteiger partial charge in [0.1, 0.15) is 0 Å². The summed E-state index contributed by atoms with van der Waals surface area (Å²) in [6, 6.07) is 0. The molecule has 0 bridgehead atoms. The van der Waals surface area contributed by atoms with Crippen LogP contribution in [0.2, 0.25) is 0 Å². The summed E-state index contributed by atoms with van der Waals surface area (Å²) in [4.78, 5) is 5.25. The second kappa shape index (κ2) is 10.6. The van der Waals surface area contributed by atoms with Gasteiger partial charge < -0.3 is 14.5 Å². The minimum atomic E-state index is 0.814. The van der Waals surface area contributed by atoms with E-state index in [9.17, 15) is 0 Å². The third-order valence-electron chi connectivity index (χ3n) is 4.12. The van der Waals surface area contributed by atoms with Gasteiger partial charge in [-0.15, -0.1) is 0 Å². The molecule has 1 atom stereocenters. The largest absolute Gasteiger partial charge is 0.381 e. The van der Waals surface area contributed by atoms with Crippen LogP contribution in [-0.4, -0.2) is 62.3 Å². The smallest absolute Gasteiger partial charge is 0.0469 e. The number of piperazine rings is 1. The van der Waals surface area contributed by atoms with Crippen molar-refractivity contribution in [3.05, 3.63) is 0 Å². The molecule has 1 aliphatic rings. The molecule has 114 valence electrons. The highest BCUT2D eigenvalue weighted by Gasteiger charge is 2.18. The Labute approximate surface area is 120 Å². The zero-order valence-corrected chi connectivity index (χ0v) is 13.4. The van der Waals surface area contributed by atoms with E-state index in [4.69, 9.17) is 4.74 Å². The van der Waals surface area contributed by atoms with Crippen LogP contribution in [0.1, 0.15) is 46.5 Å². The molecule has 0 radical (unpaired) electrons. The van der Waals surface area contributed by atoms with E-state index in [0.29, 0.717) is 0 Å². The van der Waals surface area contributed by atoms with Gasteiger partial charge in [-0.2, -0.15) is 0 Å². The molecule has 0 amide bonds. The summed E-state index contributed by atoms with van der Waals surface area (Å²) in [7, 11) is 0. The lowest BCUT2D eigenvalue weighted by atomic mass is 10.0. The van der Waals surface area contributed by atoms with Gasteiger partial charge in [0.25, 0.3) is 0 Å². The van der Waals surface area contributed by atoms with Crippen LogP contribution < -0.4 is 0 Å². The maximum absolute atomic E-state index is 5.63. The van der Waals surface area contributed by atoms with Crippen molar-refractivity contribution in [3.8, 4) is 0 Å². The van der Waals surface area contributed by atoms with E-state index in [1.807, 2.05) is 0 Å². The summed E-state index contributed by atoms with van der Waals surface area (Å²) >= 11 is 0. The molecule has 3 heteroatoms. The molecule has 1 rings (SSSR count). The summed E-state index contributed by atoms with van der Waals surface area (Å²) in [6.07, 6.45) is 4.93. The first-order valence-electron chi connectivity index (χ1n) is 8.32. The quantitative estimate of drug-likeness (QED) is 0.568. The number of hydrogen-bond donors (Lipinski definition) is 0. The number of ether oxygens (including phenoxy) is 1. The number of rotatable bonds is 10. The van der Waals surface area contributed by atoms with Crippen LogP contribution in [0.25, 0.3) is 0 Å². The minimum Gasteiger partial charge on any atom is -0.381 e. The molecule has 1 aliphatic heterocycles. The van der Waals surface area contributed by atoms with Crippen LogP contribution in [-0.2, 0) is 4.74 Å². The first-order chi connectivity index (χ1) is 9.30. The van der Waals surface area contributed by atoms with E-state index in [1.54, 1.807) is 0 Å². The number of nitrogens with zero attached hydrogens (tertiary/aromatic N) is 2. The summed E-state index contributed by atoms with van der Waals surface area (Å²) in [6.45, 7) is 16.2. The highest BCUT2D eigenvalue weighted by Crippen LogP contribution is 2.13. The molecule has 0 saturated carbocycles. The molecule has 0 aliphatic carbocycles. The van der Waals surface area contributed by atoms with E-state index in [-0.39, 0.29) is 0 Å². The lowest BCUT2D eigenvalue weighted by molar-refractivity contribution is 0.0908. The fourth-order valence-corrected chi connectivity index (χ4v) is 2.80. The lowest BCUT2D eigenvalue weighted by Crippen LogP contribution is -2.47. The zero-order valence-electron chi connectivity index (χ0n) is 13.4. The number of hydrogen-bond acceptors (Lipinski definition) is 3. The third kappa shape index (κ3) is 7.28. The highest BCUT2D eigenvalue weighted by atomic mass is 16.5. The molecular weight excluding hydrogens is 236 g/mol. The van der Waals surface area contributed by atoms with Gasteiger partial charge in [-0.1, -0.05) is 27.2 Å². The first kappa shape index (κ1) is 16.9. The molecular formula is C16H34N2O. The van der Waals surface area contributed by atoms with Crippen LogP contribution in [0.4, 0.5) is 0 Å². The van der Waals surface area contributed by atoms with Crippen LogP contribution in [0.3, 0.4) is 0 Å². The first-order valence-corrected chi connectivity index (χ1v) is 8.32. The van der Waals surface area contributed by atoms with E-state index >= 15 is 0 Å². The fraction of sp³-hybridized carbons (Fsp3) is 1.00. The Kier molecular flexibility index (Phi) is 9.48. The predicted molar refractivity (Wildman–Crippen MR) is 82.7 cm³/mol. The minimum absolute atomic E-state index is 0.814. The molecule has 0 spiro atoms. The average Bonchev–Trinajstić information content (AvgIpc) is 2.44. The van der Waals surface area contributed by atoms with Crippen molar-refractivity contribution in [2.24, 2.45) is 5.92 Å². The fourth-order valence-electron chi connectivity index (χ4n) is 2.80. The van der Waals surface area contributed by atoms with Crippen molar-refractivity contribution >= 4 is 0 Å². The van der Waals surface area contributed by atoms with Gasteiger partial charge in [0.2, 0.25) is 0 Å². The SMILES string of the molecule is CCCOCCC(CC)CN1CCN(CCC)CC1. The maximum atomic E-state index is 5.63. The van der Waals surface area contributed by atoms with E-state index in [1.165, 1.54) is 58.5 Å². The summed E-state index contributed by atoms with van der Waals surface area (Å²) in [5.74, 6) is 0.814. The molecule has 0 aromatic heterocycles. The van der Waals surface area contributed by atoms with E-state index < -0.39 is 0 Å². The van der Waals surface area contributed by atoms with Crippen LogP contribution >= 0.6 is 0 Å². The summed E-state index contributed by atoms with van der Waals surface area (Å²) in [5.41, 5.74) is 0. The molecule has 3 nitrogen and oxygen atoms in total. The summed E-state index contributed by atoms with van der Waals surface area (Å²) < 4.78 is 5.63.